The Morgan fingerprint density at radius 3 is 2.26 bits per heavy atom. The second-order valence-corrected chi connectivity index (χ2v) is 8.65. The minimum absolute atomic E-state index is 0.0449. The normalized spacial score (nSPS) is 18.3. The van der Waals surface area contributed by atoms with Crippen LogP contribution in [0.5, 0.6) is 0 Å². The molecule has 180 valence electrons. The molecule has 9 heteroatoms. The zero-order chi connectivity index (χ0) is 24.3. The highest BCUT2D eigenvalue weighted by atomic mass is 19.3. The number of hydrogen-bond acceptors (Lipinski definition) is 4. The van der Waals surface area contributed by atoms with Crippen LogP contribution in [0.4, 0.5) is 13.6 Å². The van der Waals surface area contributed by atoms with E-state index in [4.69, 9.17) is 9.84 Å². The summed E-state index contributed by atoms with van der Waals surface area (Å²) >= 11 is 0. The summed E-state index contributed by atoms with van der Waals surface area (Å²) in [4.78, 5) is 36.3. The molecule has 0 bridgehead atoms. The lowest BCUT2D eigenvalue weighted by atomic mass is 9.98. The molecule has 2 N–H and O–H groups in total. The number of carbonyl (C=O) groups excluding carboxylic acids is 2. The highest BCUT2D eigenvalue weighted by Crippen LogP contribution is 2.44. The fraction of sp³-hybridized carbons (Fsp3) is 0.400. The van der Waals surface area contributed by atoms with Gasteiger partial charge in [0.2, 0.25) is 5.91 Å². The average molecular weight is 472 g/mol. The van der Waals surface area contributed by atoms with Gasteiger partial charge < -0.3 is 20.1 Å². The lowest BCUT2D eigenvalue weighted by Crippen LogP contribution is -2.40. The number of nitrogens with one attached hydrogen (secondary N) is 1. The van der Waals surface area contributed by atoms with Crippen molar-refractivity contribution in [1.82, 2.24) is 10.2 Å². The predicted octanol–water partition coefficient (Wildman–Crippen LogP) is 4.02. The molecule has 2 aromatic rings. The quantitative estimate of drug-likeness (QED) is 0.566. The van der Waals surface area contributed by atoms with E-state index in [9.17, 15) is 23.2 Å². The molecule has 0 unspecified atom stereocenters. The van der Waals surface area contributed by atoms with E-state index in [1.807, 2.05) is 36.4 Å². The van der Waals surface area contributed by atoms with E-state index in [0.29, 0.717) is 12.8 Å². The van der Waals surface area contributed by atoms with Gasteiger partial charge in [-0.25, -0.2) is 18.4 Å². The van der Waals surface area contributed by atoms with Gasteiger partial charge in [0, 0.05) is 25.3 Å². The van der Waals surface area contributed by atoms with E-state index < -0.39 is 42.9 Å². The number of ether oxygens (including phenoxy) is 1. The first-order chi connectivity index (χ1) is 16.3. The molecule has 2 amide bonds. The number of halogens is 2. The number of benzene rings is 2. The topological polar surface area (TPSA) is 95.9 Å². The summed E-state index contributed by atoms with van der Waals surface area (Å²) in [6.45, 7) is -0.429. The van der Waals surface area contributed by atoms with E-state index >= 15 is 0 Å². The zero-order valence-electron chi connectivity index (χ0n) is 18.5. The second-order valence-electron chi connectivity index (χ2n) is 8.65. The van der Waals surface area contributed by atoms with Crippen LogP contribution in [0.25, 0.3) is 11.1 Å². The van der Waals surface area contributed by atoms with E-state index in [2.05, 4.69) is 17.4 Å². The first-order valence-electron chi connectivity index (χ1n) is 11.3. The summed E-state index contributed by atoms with van der Waals surface area (Å²) in [5.41, 5.74) is 4.50. The molecule has 1 heterocycles. The third kappa shape index (κ3) is 5.03. The summed E-state index contributed by atoms with van der Waals surface area (Å²) in [5.74, 6) is -5.28. The van der Waals surface area contributed by atoms with Gasteiger partial charge in [-0.1, -0.05) is 48.5 Å². The van der Waals surface area contributed by atoms with Crippen LogP contribution in [0.3, 0.4) is 0 Å². The smallest absolute Gasteiger partial charge is 0.407 e. The fourth-order valence-electron chi connectivity index (χ4n) is 4.68. The van der Waals surface area contributed by atoms with Crippen molar-refractivity contribution in [1.29, 1.82) is 0 Å². The first kappa shape index (κ1) is 23.7. The van der Waals surface area contributed by atoms with Crippen molar-refractivity contribution in [3.05, 3.63) is 59.7 Å². The minimum Gasteiger partial charge on any atom is -0.480 e. The molecule has 1 fully saturated rings. The number of nitrogens with zero attached hydrogens (tertiary/aromatic N) is 1. The molecule has 2 aliphatic rings. The summed E-state index contributed by atoms with van der Waals surface area (Å²) in [5, 5.41) is 11.7. The Labute approximate surface area is 195 Å². The molecule has 0 aromatic heterocycles. The third-order valence-electron chi connectivity index (χ3n) is 6.31. The summed E-state index contributed by atoms with van der Waals surface area (Å²) in [6.07, 6.45) is -0.739. The van der Waals surface area contributed by atoms with Gasteiger partial charge in [-0.15, -0.1) is 0 Å². The number of amides is 2. The minimum atomic E-state index is -3.19. The van der Waals surface area contributed by atoms with Crippen LogP contribution in [0.1, 0.15) is 42.7 Å². The molecule has 2 aromatic carbocycles. The van der Waals surface area contributed by atoms with E-state index in [-0.39, 0.29) is 25.5 Å². The fourth-order valence-corrected chi connectivity index (χ4v) is 4.68. The monoisotopic (exact) mass is 472 g/mol. The van der Waals surface area contributed by atoms with Gasteiger partial charge in [0.05, 0.1) is 6.54 Å². The van der Waals surface area contributed by atoms with Crippen molar-refractivity contribution in [2.45, 2.75) is 43.6 Å². The Hall–Kier alpha value is -3.49. The van der Waals surface area contributed by atoms with Crippen molar-refractivity contribution in [3.63, 3.8) is 0 Å². The Morgan fingerprint density at radius 1 is 1.03 bits per heavy atom. The van der Waals surface area contributed by atoms with Crippen LogP contribution in [0, 0.1) is 0 Å². The Kier molecular flexibility index (Phi) is 6.81. The molecule has 1 saturated heterocycles. The number of likely N-dealkylation sites (tertiary alicyclic amines) is 1. The standard InChI is InChI=1S/C25H26F2N2O5/c26-25(27)13-21(23(31)32)29(15-25)22(30)11-5-6-12-28-24(33)34-14-20-18-9-3-1-7-16(18)17-8-2-4-10-19(17)20/h1-4,7-10,20-21H,5-6,11-15H2,(H,28,33)(H,31,32)/t21-/m0/s1. The van der Waals surface area contributed by atoms with E-state index in [1.54, 1.807) is 0 Å². The molecule has 34 heavy (non-hydrogen) atoms. The lowest BCUT2D eigenvalue weighted by Gasteiger charge is -2.20. The largest absolute Gasteiger partial charge is 0.480 e. The number of hydrogen-bond donors (Lipinski definition) is 2. The maximum atomic E-state index is 13.5. The van der Waals surface area contributed by atoms with Crippen molar-refractivity contribution in [2.24, 2.45) is 0 Å². The molecule has 0 spiro atoms. The van der Waals surface area contributed by atoms with Crippen LogP contribution in [0.15, 0.2) is 48.5 Å². The highest BCUT2D eigenvalue weighted by molar-refractivity contribution is 5.84. The Morgan fingerprint density at radius 2 is 1.65 bits per heavy atom. The summed E-state index contributed by atoms with van der Waals surface area (Å²) < 4.78 is 32.5. The number of alkyl halides is 2. The number of fused-ring (bicyclic) bond motifs is 3. The Bertz CT molecular complexity index is 1040. The lowest BCUT2D eigenvalue weighted by molar-refractivity contribution is -0.148. The number of rotatable bonds is 8. The van der Waals surface area contributed by atoms with Crippen LogP contribution in [0.2, 0.25) is 0 Å². The number of carbonyl (C=O) groups is 3. The number of alkyl carbamates (subject to hydrolysis) is 1. The SMILES string of the molecule is O=C(NCCCCC(=O)N1CC(F)(F)C[C@H]1C(=O)O)OCC1c2ccccc2-c2ccccc21. The van der Waals surface area contributed by atoms with Gasteiger partial charge in [-0.2, -0.15) is 0 Å². The molecule has 1 aliphatic carbocycles. The van der Waals surface area contributed by atoms with Gasteiger partial charge in [0.1, 0.15) is 12.6 Å². The summed E-state index contributed by atoms with van der Waals surface area (Å²) in [7, 11) is 0. The highest BCUT2D eigenvalue weighted by Gasteiger charge is 2.49. The molecular weight excluding hydrogens is 446 g/mol. The molecule has 1 aliphatic heterocycles. The van der Waals surface area contributed by atoms with Crippen LogP contribution in [-0.4, -0.2) is 59.6 Å². The molecular formula is C25H26F2N2O5. The number of carboxylic acids is 1. The van der Waals surface area contributed by atoms with Gasteiger partial charge in [0.15, 0.2) is 0 Å². The molecule has 0 radical (unpaired) electrons. The van der Waals surface area contributed by atoms with Gasteiger partial charge in [0.25, 0.3) is 5.92 Å². The average Bonchev–Trinajstić information content (AvgIpc) is 3.32. The van der Waals surface area contributed by atoms with Gasteiger partial charge >= 0.3 is 12.1 Å². The van der Waals surface area contributed by atoms with Crippen molar-refractivity contribution in [3.8, 4) is 11.1 Å². The van der Waals surface area contributed by atoms with Gasteiger partial charge in [-0.05, 0) is 35.1 Å². The van der Waals surface area contributed by atoms with Gasteiger partial charge in [-0.3, -0.25) is 4.79 Å². The summed E-state index contributed by atoms with van der Waals surface area (Å²) in [6, 6.07) is 14.5. The maximum Gasteiger partial charge on any atom is 0.407 e. The zero-order valence-corrected chi connectivity index (χ0v) is 18.5. The third-order valence-corrected chi connectivity index (χ3v) is 6.31. The molecule has 4 rings (SSSR count). The van der Waals surface area contributed by atoms with Crippen LogP contribution >= 0.6 is 0 Å². The van der Waals surface area contributed by atoms with Crippen LogP contribution in [-0.2, 0) is 14.3 Å². The number of unbranched alkanes of at least 4 members (excludes halogenated alkanes) is 1. The molecule has 1 atom stereocenters. The molecule has 7 nitrogen and oxygen atoms in total. The van der Waals surface area contributed by atoms with E-state index in [1.165, 1.54) is 0 Å². The number of carboxylic acid groups (broad SMARTS) is 1. The van der Waals surface area contributed by atoms with Crippen molar-refractivity contribution >= 4 is 18.0 Å². The molecule has 0 saturated carbocycles. The predicted molar refractivity (Wildman–Crippen MR) is 120 cm³/mol. The Balaban J connectivity index is 1.19. The van der Waals surface area contributed by atoms with Crippen molar-refractivity contribution in [2.75, 3.05) is 19.7 Å². The first-order valence-corrected chi connectivity index (χ1v) is 11.3. The number of aliphatic carboxylic acids is 1. The second kappa shape index (κ2) is 9.79. The van der Waals surface area contributed by atoms with Crippen LogP contribution < -0.4 is 5.32 Å². The van der Waals surface area contributed by atoms with Crippen molar-refractivity contribution < 1.29 is 33.0 Å². The van der Waals surface area contributed by atoms with E-state index in [0.717, 1.165) is 27.2 Å². The maximum absolute atomic E-state index is 13.5.